The van der Waals surface area contributed by atoms with Crippen LogP contribution in [0.15, 0.2) is 24.3 Å². The lowest BCUT2D eigenvalue weighted by molar-refractivity contribution is 0.295. The van der Waals surface area contributed by atoms with E-state index in [1.54, 1.807) is 0 Å². The first-order chi connectivity index (χ1) is 9.68. The van der Waals surface area contributed by atoms with E-state index in [9.17, 15) is 0 Å². The molecule has 1 aromatic heterocycles. The molecule has 2 aromatic rings. The normalized spacial score (nSPS) is 13.0. The second kappa shape index (κ2) is 5.80. The summed E-state index contributed by atoms with van der Waals surface area (Å²) in [5, 5.41) is 3.58. The fraction of sp³-hybridized carbons (Fsp3) is 0.611. The first-order valence-corrected chi connectivity index (χ1v) is 7.83. The van der Waals surface area contributed by atoms with Crippen LogP contribution in [-0.2, 0) is 13.5 Å². The van der Waals surface area contributed by atoms with Gasteiger partial charge in [0.25, 0.3) is 0 Å². The van der Waals surface area contributed by atoms with Crippen LogP contribution in [0, 0.1) is 5.41 Å². The van der Waals surface area contributed by atoms with Gasteiger partial charge in [-0.3, -0.25) is 0 Å². The van der Waals surface area contributed by atoms with Gasteiger partial charge >= 0.3 is 0 Å². The van der Waals surface area contributed by atoms with Crippen LogP contribution >= 0.6 is 0 Å². The number of benzene rings is 1. The second-order valence-electron chi connectivity index (χ2n) is 7.84. The van der Waals surface area contributed by atoms with E-state index in [4.69, 9.17) is 4.98 Å². The Kier molecular flexibility index (Phi) is 4.43. The maximum Gasteiger partial charge on any atom is 0.110 e. The Morgan fingerprint density at radius 3 is 2.38 bits per heavy atom. The van der Waals surface area contributed by atoms with Gasteiger partial charge in [-0.05, 0) is 51.3 Å². The quantitative estimate of drug-likeness (QED) is 0.903. The smallest absolute Gasteiger partial charge is 0.110 e. The molecule has 0 spiro atoms. The molecule has 0 unspecified atom stereocenters. The highest BCUT2D eigenvalue weighted by molar-refractivity contribution is 5.75. The van der Waals surface area contributed by atoms with E-state index in [-0.39, 0.29) is 11.0 Å². The number of aromatic nitrogens is 2. The minimum absolute atomic E-state index is 0.188. The average Bonchev–Trinajstić information content (AvgIpc) is 2.64. The summed E-state index contributed by atoms with van der Waals surface area (Å²) in [6.07, 6.45) is 2.15. The molecule has 1 heterocycles. The monoisotopic (exact) mass is 287 g/mol. The van der Waals surface area contributed by atoms with E-state index in [0.29, 0.717) is 0 Å². The van der Waals surface area contributed by atoms with E-state index in [0.717, 1.165) is 24.9 Å². The van der Waals surface area contributed by atoms with Crippen molar-refractivity contribution in [2.45, 2.75) is 53.0 Å². The Balaban J connectivity index is 2.06. The molecule has 3 nitrogen and oxygen atoms in total. The number of fused-ring (bicyclic) bond motifs is 1. The Morgan fingerprint density at radius 2 is 1.76 bits per heavy atom. The second-order valence-corrected chi connectivity index (χ2v) is 7.84. The van der Waals surface area contributed by atoms with Gasteiger partial charge < -0.3 is 9.88 Å². The summed E-state index contributed by atoms with van der Waals surface area (Å²) in [6, 6.07) is 8.36. The van der Waals surface area contributed by atoms with Gasteiger partial charge in [0.05, 0.1) is 11.0 Å². The van der Waals surface area contributed by atoms with E-state index in [1.165, 1.54) is 11.3 Å². The largest absolute Gasteiger partial charge is 0.331 e. The number of hydrogen-bond donors (Lipinski definition) is 1. The lowest BCUT2D eigenvalue weighted by Crippen LogP contribution is -2.38. The Labute approximate surface area is 128 Å². The standard InChI is InChI=1S/C18H29N3/c1-17(2,3)19-12-11-18(4,5)13-16-20-14-9-7-8-10-15(14)21(16)6/h7-10,19H,11-13H2,1-6H3. The minimum Gasteiger partial charge on any atom is -0.331 e. The summed E-state index contributed by atoms with van der Waals surface area (Å²) in [6.45, 7) is 12.3. The number of nitrogens with one attached hydrogen (secondary N) is 1. The highest BCUT2D eigenvalue weighted by Crippen LogP contribution is 2.27. The number of rotatable bonds is 5. The summed E-state index contributed by atoms with van der Waals surface area (Å²) in [5.41, 5.74) is 2.75. The SMILES string of the molecule is Cn1c(CC(C)(C)CCNC(C)(C)C)nc2ccccc21. The zero-order valence-corrected chi connectivity index (χ0v) is 14.3. The molecule has 0 saturated heterocycles. The molecule has 0 bridgehead atoms. The van der Waals surface area contributed by atoms with Crippen molar-refractivity contribution in [3.05, 3.63) is 30.1 Å². The third-order valence-corrected chi connectivity index (χ3v) is 3.97. The van der Waals surface area contributed by atoms with E-state index < -0.39 is 0 Å². The summed E-state index contributed by atoms with van der Waals surface area (Å²) >= 11 is 0. The van der Waals surface area contributed by atoms with Gasteiger partial charge in [-0.15, -0.1) is 0 Å². The number of hydrogen-bond acceptors (Lipinski definition) is 2. The van der Waals surface area contributed by atoms with Crippen molar-refractivity contribution in [1.29, 1.82) is 0 Å². The van der Waals surface area contributed by atoms with Gasteiger partial charge in [0, 0.05) is 19.0 Å². The highest BCUT2D eigenvalue weighted by Gasteiger charge is 2.22. The molecule has 2 rings (SSSR count). The van der Waals surface area contributed by atoms with Gasteiger partial charge in [-0.25, -0.2) is 4.98 Å². The molecule has 116 valence electrons. The molecule has 0 aliphatic heterocycles. The molecule has 3 heteroatoms. The summed E-state index contributed by atoms with van der Waals surface area (Å²) in [4.78, 5) is 4.80. The van der Waals surface area contributed by atoms with Gasteiger partial charge in [-0.1, -0.05) is 26.0 Å². The summed E-state index contributed by atoms with van der Waals surface area (Å²) in [5.74, 6) is 1.18. The molecular weight excluding hydrogens is 258 g/mol. The Bertz CT molecular complexity index is 602. The van der Waals surface area contributed by atoms with Crippen molar-refractivity contribution < 1.29 is 0 Å². The zero-order valence-electron chi connectivity index (χ0n) is 14.3. The third kappa shape index (κ3) is 4.31. The van der Waals surface area contributed by atoms with Crippen LogP contribution in [0.4, 0.5) is 0 Å². The number of aryl methyl sites for hydroxylation is 1. The highest BCUT2D eigenvalue weighted by atomic mass is 15.1. The molecular formula is C18H29N3. The number of nitrogens with zero attached hydrogens (tertiary/aromatic N) is 2. The van der Waals surface area contributed by atoms with Crippen LogP contribution in [0.5, 0.6) is 0 Å². The molecule has 0 aliphatic carbocycles. The predicted octanol–water partition coefficient (Wildman–Crippen LogP) is 3.92. The molecule has 21 heavy (non-hydrogen) atoms. The molecule has 0 amide bonds. The van der Waals surface area contributed by atoms with Gasteiger partial charge in [0.1, 0.15) is 5.82 Å². The number of para-hydroxylation sites is 2. The topological polar surface area (TPSA) is 29.9 Å². The van der Waals surface area contributed by atoms with Crippen LogP contribution in [0.2, 0.25) is 0 Å². The van der Waals surface area contributed by atoms with E-state index >= 15 is 0 Å². The van der Waals surface area contributed by atoms with Gasteiger partial charge in [0.15, 0.2) is 0 Å². The molecule has 0 radical (unpaired) electrons. The summed E-state index contributed by atoms with van der Waals surface area (Å²) in [7, 11) is 2.12. The molecule has 1 aromatic carbocycles. The predicted molar refractivity (Wildman–Crippen MR) is 90.6 cm³/mol. The van der Waals surface area contributed by atoms with Crippen molar-refractivity contribution in [3.8, 4) is 0 Å². The average molecular weight is 287 g/mol. The van der Waals surface area contributed by atoms with Crippen molar-refractivity contribution in [2.24, 2.45) is 12.5 Å². The molecule has 0 saturated carbocycles. The van der Waals surface area contributed by atoms with E-state index in [2.05, 4.69) is 75.8 Å². The van der Waals surface area contributed by atoms with Crippen molar-refractivity contribution in [1.82, 2.24) is 14.9 Å². The van der Waals surface area contributed by atoms with Crippen LogP contribution in [0.1, 0.15) is 46.9 Å². The maximum atomic E-state index is 4.80. The minimum atomic E-state index is 0.188. The van der Waals surface area contributed by atoms with Crippen molar-refractivity contribution >= 4 is 11.0 Å². The zero-order chi connectivity index (χ0) is 15.7. The summed E-state index contributed by atoms with van der Waals surface area (Å²) < 4.78 is 2.23. The lowest BCUT2D eigenvalue weighted by atomic mass is 9.85. The van der Waals surface area contributed by atoms with Crippen molar-refractivity contribution in [3.63, 3.8) is 0 Å². The van der Waals surface area contributed by atoms with E-state index in [1.807, 2.05) is 0 Å². The first kappa shape index (κ1) is 16.0. The molecule has 0 atom stereocenters. The van der Waals surface area contributed by atoms with Gasteiger partial charge in [0.2, 0.25) is 0 Å². The molecule has 1 N–H and O–H groups in total. The van der Waals surface area contributed by atoms with Gasteiger partial charge in [-0.2, -0.15) is 0 Å². The lowest BCUT2D eigenvalue weighted by Gasteiger charge is -2.27. The van der Waals surface area contributed by atoms with Crippen LogP contribution < -0.4 is 5.32 Å². The van der Waals surface area contributed by atoms with Crippen LogP contribution in [0.3, 0.4) is 0 Å². The fourth-order valence-corrected chi connectivity index (χ4v) is 2.65. The third-order valence-electron chi connectivity index (χ3n) is 3.97. The number of imidazole rings is 1. The van der Waals surface area contributed by atoms with Crippen LogP contribution in [0.25, 0.3) is 11.0 Å². The van der Waals surface area contributed by atoms with Crippen LogP contribution in [-0.4, -0.2) is 21.6 Å². The fourth-order valence-electron chi connectivity index (χ4n) is 2.65. The Hall–Kier alpha value is -1.35. The first-order valence-electron chi connectivity index (χ1n) is 7.83. The maximum absolute atomic E-state index is 4.80. The van der Waals surface area contributed by atoms with Crippen molar-refractivity contribution in [2.75, 3.05) is 6.54 Å². The Morgan fingerprint density at radius 1 is 1.10 bits per heavy atom. The molecule has 0 fully saturated rings. The molecule has 0 aliphatic rings.